The van der Waals surface area contributed by atoms with Crippen molar-refractivity contribution in [3.63, 3.8) is 0 Å². The molecule has 5 nitrogen and oxygen atoms in total. The monoisotopic (exact) mass is 377 g/mol. The van der Waals surface area contributed by atoms with Crippen molar-refractivity contribution in [3.05, 3.63) is 56.9 Å². The van der Waals surface area contributed by atoms with Crippen LogP contribution in [0.4, 0.5) is 0 Å². The molecule has 0 bridgehead atoms. The fraction of sp³-hybridized carbons (Fsp3) is 0.222. The highest BCUT2D eigenvalue weighted by Crippen LogP contribution is 2.28. The maximum Gasteiger partial charge on any atom is 0.375 e. The van der Waals surface area contributed by atoms with Crippen molar-refractivity contribution in [2.75, 3.05) is 13.7 Å². The van der Waals surface area contributed by atoms with Crippen molar-refractivity contribution >= 4 is 45.8 Å². The number of ether oxygens (including phenoxy) is 1. The fourth-order valence-electron chi connectivity index (χ4n) is 2.44. The number of furan rings is 1. The highest BCUT2D eigenvalue weighted by Gasteiger charge is 2.21. The van der Waals surface area contributed by atoms with Crippen molar-refractivity contribution in [1.29, 1.82) is 0 Å². The van der Waals surface area contributed by atoms with Crippen molar-refractivity contribution < 1.29 is 18.7 Å². The molecule has 2 heterocycles. The highest BCUT2D eigenvalue weighted by molar-refractivity contribution is 7.07. The summed E-state index contributed by atoms with van der Waals surface area (Å²) in [4.78, 5) is 25.9. The molecule has 130 valence electrons. The number of carbonyl (C=O) groups is 2. The molecule has 2 aromatic heterocycles. The summed E-state index contributed by atoms with van der Waals surface area (Å²) in [7, 11) is 1.67. The van der Waals surface area contributed by atoms with Gasteiger partial charge < -0.3 is 14.1 Å². The second kappa shape index (κ2) is 7.29. The molecule has 1 aromatic carbocycles. The summed E-state index contributed by atoms with van der Waals surface area (Å²) in [5.41, 5.74) is 2.23. The number of aryl methyl sites for hydroxylation is 1. The van der Waals surface area contributed by atoms with E-state index in [1.165, 1.54) is 4.90 Å². The zero-order valence-electron chi connectivity index (χ0n) is 13.7. The molecule has 0 aliphatic rings. The molecular formula is C18H16ClNO4S. The van der Waals surface area contributed by atoms with Gasteiger partial charge in [-0.2, -0.15) is 11.3 Å². The largest absolute Gasteiger partial charge is 0.450 e. The number of fused-ring (bicyclic) bond motifs is 1. The molecular weight excluding hydrogens is 362 g/mol. The molecule has 0 fully saturated rings. The number of esters is 1. The van der Waals surface area contributed by atoms with Gasteiger partial charge in [-0.15, -0.1) is 0 Å². The van der Waals surface area contributed by atoms with E-state index in [0.717, 1.165) is 10.9 Å². The van der Waals surface area contributed by atoms with Gasteiger partial charge in [-0.25, -0.2) is 4.79 Å². The van der Waals surface area contributed by atoms with E-state index in [1.54, 1.807) is 43.5 Å². The van der Waals surface area contributed by atoms with Crippen LogP contribution in [0.5, 0.6) is 0 Å². The van der Waals surface area contributed by atoms with Crippen LogP contribution in [0.3, 0.4) is 0 Å². The first-order chi connectivity index (χ1) is 12.0. The van der Waals surface area contributed by atoms with Crippen LogP contribution in [0.1, 0.15) is 21.7 Å². The van der Waals surface area contributed by atoms with Crippen molar-refractivity contribution in [2.45, 2.75) is 13.5 Å². The molecule has 0 aliphatic carbocycles. The molecule has 0 saturated heterocycles. The molecule has 0 unspecified atom stereocenters. The van der Waals surface area contributed by atoms with Gasteiger partial charge in [0, 0.05) is 29.6 Å². The van der Waals surface area contributed by atoms with Crippen LogP contribution in [0, 0.1) is 6.92 Å². The lowest BCUT2D eigenvalue weighted by molar-refractivity contribution is -0.133. The third kappa shape index (κ3) is 3.86. The standard InChI is InChI=1S/C18H16ClNO4S/c1-11-14-7-13(19)3-4-15(14)24-17(11)18(22)23-9-16(21)20(2)8-12-5-6-25-10-12/h3-7,10H,8-9H2,1-2H3. The average Bonchev–Trinajstić information content (AvgIpc) is 3.21. The molecule has 25 heavy (non-hydrogen) atoms. The van der Waals surface area contributed by atoms with Gasteiger partial charge in [0.2, 0.25) is 5.76 Å². The van der Waals surface area contributed by atoms with Crippen molar-refractivity contribution in [2.24, 2.45) is 0 Å². The van der Waals surface area contributed by atoms with E-state index in [2.05, 4.69) is 0 Å². The molecule has 0 N–H and O–H groups in total. The number of hydrogen-bond acceptors (Lipinski definition) is 5. The van der Waals surface area contributed by atoms with Gasteiger partial charge >= 0.3 is 5.97 Å². The predicted molar refractivity (Wildman–Crippen MR) is 97.0 cm³/mol. The third-order valence-electron chi connectivity index (χ3n) is 3.84. The van der Waals surface area contributed by atoms with E-state index in [4.69, 9.17) is 20.8 Å². The number of likely N-dealkylation sites (N-methyl/N-ethyl adjacent to an activating group) is 1. The van der Waals surface area contributed by atoms with E-state index < -0.39 is 5.97 Å². The van der Waals surface area contributed by atoms with Crippen LogP contribution in [0.2, 0.25) is 5.02 Å². The Kier molecular flexibility index (Phi) is 5.11. The van der Waals surface area contributed by atoms with Gasteiger partial charge in [-0.1, -0.05) is 11.6 Å². The van der Waals surface area contributed by atoms with Gasteiger partial charge in [0.25, 0.3) is 5.91 Å². The van der Waals surface area contributed by atoms with E-state index in [0.29, 0.717) is 22.7 Å². The number of hydrogen-bond donors (Lipinski definition) is 0. The number of carbonyl (C=O) groups excluding carboxylic acids is 2. The number of nitrogens with zero attached hydrogens (tertiary/aromatic N) is 1. The van der Waals surface area contributed by atoms with Crippen LogP contribution in [0.25, 0.3) is 11.0 Å². The summed E-state index contributed by atoms with van der Waals surface area (Å²) >= 11 is 7.54. The Morgan fingerprint density at radius 1 is 1.32 bits per heavy atom. The minimum absolute atomic E-state index is 0.0885. The summed E-state index contributed by atoms with van der Waals surface area (Å²) in [6, 6.07) is 7.06. The Labute approximate surface area is 153 Å². The van der Waals surface area contributed by atoms with E-state index in [1.807, 2.05) is 16.8 Å². The number of halogens is 1. The Balaban J connectivity index is 1.64. The summed E-state index contributed by atoms with van der Waals surface area (Å²) in [6.07, 6.45) is 0. The fourth-order valence-corrected chi connectivity index (χ4v) is 3.27. The quantitative estimate of drug-likeness (QED) is 0.623. The lowest BCUT2D eigenvalue weighted by atomic mass is 10.1. The lowest BCUT2D eigenvalue weighted by Crippen LogP contribution is -2.30. The molecule has 0 radical (unpaired) electrons. The Hall–Kier alpha value is -2.31. The van der Waals surface area contributed by atoms with Crippen LogP contribution >= 0.6 is 22.9 Å². The molecule has 3 aromatic rings. The van der Waals surface area contributed by atoms with Crippen molar-refractivity contribution in [3.8, 4) is 0 Å². The molecule has 7 heteroatoms. The molecule has 0 spiro atoms. The molecule has 0 atom stereocenters. The van der Waals surface area contributed by atoms with E-state index in [-0.39, 0.29) is 18.3 Å². The Morgan fingerprint density at radius 2 is 2.12 bits per heavy atom. The Morgan fingerprint density at radius 3 is 2.84 bits per heavy atom. The zero-order chi connectivity index (χ0) is 18.0. The van der Waals surface area contributed by atoms with Gasteiger partial charge in [-0.05, 0) is 47.5 Å². The van der Waals surface area contributed by atoms with Gasteiger partial charge in [0.15, 0.2) is 6.61 Å². The maximum absolute atomic E-state index is 12.2. The average molecular weight is 378 g/mol. The third-order valence-corrected chi connectivity index (χ3v) is 4.80. The van der Waals surface area contributed by atoms with Gasteiger partial charge in [-0.3, -0.25) is 4.79 Å². The minimum Gasteiger partial charge on any atom is -0.450 e. The highest BCUT2D eigenvalue weighted by atomic mass is 35.5. The van der Waals surface area contributed by atoms with Crippen molar-refractivity contribution in [1.82, 2.24) is 4.90 Å². The molecule has 0 aliphatic heterocycles. The second-order valence-electron chi connectivity index (χ2n) is 5.65. The Bertz CT molecular complexity index is 917. The molecule has 1 amide bonds. The summed E-state index contributed by atoms with van der Waals surface area (Å²) < 4.78 is 10.7. The maximum atomic E-state index is 12.2. The van der Waals surface area contributed by atoms with E-state index >= 15 is 0 Å². The first-order valence-corrected chi connectivity index (χ1v) is 8.88. The first-order valence-electron chi connectivity index (χ1n) is 7.56. The first kappa shape index (κ1) is 17.5. The summed E-state index contributed by atoms with van der Waals surface area (Å²) in [6.45, 7) is 1.89. The van der Waals surface area contributed by atoms with Crippen LogP contribution < -0.4 is 0 Å². The smallest absolute Gasteiger partial charge is 0.375 e. The molecule has 0 saturated carbocycles. The number of rotatable bonds is 5. The zero-order valence-corrected chi connectivity index (χ0v) is 15.3. The van der Waals surface area contributed by atoms with Gasteiger partial charge in [0.1, 0.15) is 5.58 Å². The van der Waals surface area contributed by atoms with Crippen LogP contribution in [-0.2, 0) is 16.1 Å². The van der Waals surface area contributed by atoms with E-state index in [9.17, 15) is 9.59 Å². The van der Waals surface area contributed by atoms with Crippen LogP contribution in [0.15, 0.2) is 39.4 Å². The SMILES string of the molecule is Cc1c(C(=O)OCC(=O)N(C)Cc2ccsc2)oc2ccc(Cl)cc12. The minimum atomic E-state index is -0.665. The number of amides is 1. The lowest BCUT2D eigenvalue weighted by Gasteiger charge is -2.16. The summed E-state index contributed by atoms with van der Waals surface area (Å²) in [5, 5.41) is 5.23. The predicted octanol–water partition coefficient (Wildman–Crippen LogP) is 4.27. The topological polar surface area (TPSA) is 59.8 Å². The van der Waals surface area contributed by atoms with Gasteiger partial charge in [0.05, 0.1) is 0 Å². The second-order valence-corrected chi connectivity index (χ2v) is 6.87. The normalized spacial score (nSPS) is 10.8. The number of thiophene rings is 1. The van der Waals surface area contributed by atoms with Crippen LogP contribution in [-0.4, -0.2) is 30.4 Å². The molecule has 3 rings (SSSR count). The summed E-state index contributed by atoms with van der Waals surface area (Å²) in [5.74, 6) is -0.857. The number of benzene rings is 1.